The molecule has 5 rings (SSSR count). The van der Waals surface area contributed by atoms with Crippen molar-refractivity contribution >= 4 is 22.6 Å². The van der Waals surface area contributed by atoms with E-state index in [9.17, 15) is 0 Å². The molecule has 0 aliphatic heterocycles. The van der Waals surface area contributed by atoms with Crippen molar-refractivity contribution in [3.8, 4) is 0 Å². The molecule has 1 N–H and O–H groups in total. The summed E-state index contributed by atoms with van der Waals surface area (Å²) in [7, 11) is 0. The van der Waals surface area contributed by atoms with Crippen LogP contribution >= 0.6 is 22.6 Å². The van der Waals surface area contributed by atoms with E-state index in [1.54, 1.807) is 0 Å². The highest BCUT2D eigenvalue weighted by molar-refractivity contribution is 14.1. The zero-order valence-electron chi connectivity index (χ0n) is 10.6. The predicted octanol–water partition coefficient (Wildman–Crippen LogP) is 3.94. The van der Waals surface area contributed by atoms with Crippen LogP contribution in [0.2, 0.25) is 0 Å². The largest absolute Gasteiger partial charge is 0.454 e. The van der Waals surface area contributed by atoms with Crippen molar-refractivity contribution in [2.24, 2.45) is 17.8 Å². The topological polar surface area (TPSA) is 25.2 Å². The summed E-state index contributed by atoms with van der Waals surface area (Å²) in [6.45, 7) is 0.912. The molecule has 4 saturated carbocycles. The lowest BCUT2D eigenvalue weighted by atomic mass is 9.53. The van der Waals surface area contributed by atoms with Crippen LogP contribution in [0.3, 0.4) is 0 Å². The van der Waals surface area contributed by atoms with Crippen LogP contribution in [-0.2, 0) is 6.54 Å². The maximum atomic E-state index is 5.67. The van der Waals surface area contributed by atoms with Crippen LogP contribution < -0.4 is 5.32 Å². The molecule has 0 amide bonds. The Kier molecular flexibility index (Phi) is 2.77. The second-order valence-corrected chi connectivity index (χ2v) is 7.82. The lowest BCUT2D eigenvalue weighted by molar-refractivity contribution is -0.0213. The SMILES string of the molecule is Ic1ccc(CNC23CC4CC(CC(C4)C2)C3)o1. The van der Waals surface area contributed by atoms with E-state index in [-0.39, 0.29) is 0 Å². The summed E-state index contributed by atoms with van der Waals surface area (Å²) in [5, 5.41) is 3.86. The molecule has 18 heavy (non-hydrogen) atoms. The summed E-state index contributed by atoms with van der Waals surface area (Å²) in [4.78, 5) is 0. The lowest BCUT2D eigenvalue weighted by Crippen LogP contribution is -2.58. The summed E-state index contributed by atoms with van der Waals surface area (Å²) < 4.78 is 6.67. The normalized spacial score (nSPS) is 41.5. The fourth-order valence-corrected chi connectivity index (χ4v) is 5.51. The molecule has 0 unspecified atom stereocenters. The van der Waals surface area contributed by atoms with E-state index in [1.807, 2.05) is 0 Å². The number of hydrogen-bond donors (Lipinski definition) is 1. The van der Waals surface area contributed by atoms with Crippen molar-refractivity contribution in [3.63, 3.8) is 0 Å². The number of nitrogens with one attached hydrogen (secondary N) is 1. The first kappa shape index (κ1) is 11.8. The third kappa shape index (κ3) is 2.03. The molecular weight excluding hydrogens is 337 g/mol. The molecule has 1 heterocycles. The molecule has 4 aliphatic carbocycles. The Hall–Kier alpha value is -0.0300. The number of furan rings is 1. The highest BCUT2D eigenvalue weighted by atomic mass is 127. The maximum Gasteiger partial charge on any atom is 0.164 e. The van der Waals surface area contributed by atoms with Crippen molar-refractivity contribution in [3.05, 3.63) is 21.7 Å². The van der Waals surface area contributed by atoms with Gasteiger partial charge < -0.3 is 9.73 Å². The van der Waals surface area contributed by atoms with Crippen LogP contribution in [-0.4, -0.2) is 5.54 Å². The molecule has 1 aromatic heterocycles. The minimum Gasteiger partial charge on any atom is -0.454 e. The number of rotatable bonds is 3. The zero-order valence-corrected chi connectivity index (χ0v) is 12.8. The van der Waals surface area contributed by atoms with E-state index in [1.165, 1.54) is 38.5 Å². The van der Waals surface area contributed by atoms with Gasteiger partial charge in [-0.05, 0) is 91.0 Å². The lowest BCUT2D eigenvalue weighted by Gasteiger charge is -2.57. The second kappa shape index (κ2) is 4.23. The van der Waals surface area contributed by atoms with Gasteiger partial charge in [-0.15, -0.1) is 0 Å². The summed E-state index contributed by atoms with van der Waals surface area (Å²) in [5.74, 6) is 4.14. The van der Waals surface area contributed by atoms with Crippen LogP contribution in [0.15, 0.2) is 16.5 Å². The molecule has 1 aromatic rings. The molecule has 4 aliphatic rings. The molecule has 4 bridgehead atoms. The zero-order chi connectivity index (χ0) is 12.2. The minimum absolute atomic E-state index is 0.451. The van der Waals surface area contributed by atoms with E-state index < -0.39 is 0 Å². The van der Waals surface area contributed by atoms with E-state index in [2.05, 4.69) is 40.0 Å². The molecule has 4 fully saturated rings. The Morgan fingerprint density at radius 2 is 1.72 bits per heavy atom. The summed E-state index contributed by atoms with van der Waals surface area (Å²) in [6, 6.07) is 4.16. The molecular formula is C15H20INO. The van der Waals surface area contributed by atoms with E-state index in [0.717, 1.165) is 33.8 Å². The minimum atomic E-state index is 0.451. The molecule has 0 spiro atoms. The number of hydrogen-bond acceptors (Lipinski definition) is 2. The summed E-state index contributed by atoms with van der Waals surface area (Å²) in [5.41, 5.74) is 0.451. The van der Waals surface area contributed by atoms with E-state index >= 15 is 0 Å². The maximum absolute atomic E-state index is 5.67. The van der Waals surface area contributed by atoms with Gasteiger partial charge in [0.15, 0.2) is 3.77 Å². The van der Waals surface area contributed by atoms with E-state index in [0.29, 0.717) is 5.54 Å². The third-order valence-corrected chi connectivity index (χ3v) is 5.88. The predicted molar refractivity (Wildman–Crippen MR) is 79.2 cm³/mol. The van der Waals surface area contributed by atoms with Gasteiger partial charge in [0, 0.05) is 5.54 Å². The smallest absolute Gasteiger partial charge is 0.164 e. The Morgan fingerprint density at radius 1 is 1.11 bits per heavy atom. The van der Waals surface area contributed by atoms with Gasteiger partial charge in [-0.1, -0.05) is 0 Å². The first-order valence-electron chi connectivity index (χ1n) is 7.20. The van der Waals surface area contributed by atoms with Crippen LogP contribution in [0.4, 0.5) is 0 Å². The molecule has 2 nitrogen and oxygen atoms in total. The molecule has 0 aromatic carbocycles. The Morgan fingerprint density at radius 3 is 2.22 bits per heavy atom. The van der Waals surface area contributed by atoms with Crippen molar-refractivity contribution in [2.45, 2.75) is 50.6 Å². The molecule has 0 atom stereocenters. The molecule has 98 valence electrons. The fraction of sp³-hybridized carbons (Fsp3) is 0.733. The highest BCUT2D eigenvalue weighted by Crippen LogP contribution is 2.55. The third-order valence-electron chi connectivity index (χ3n) is 5.30. The summed E-state index contributed by atoms with van der Waals surface area (Å²) in [6.07, 6.45) is 8.78. The highest BCUT2D eigenvalue weighted by Gasteiger charge is 2.50. The van der Waals surface area contributed by atoms with E-state index in [4.69, 9.17) is 4.42 Å². The standard InChI is InChI=1S/C15H20INO/c16-14-2-1-13(18-14)9-17-15-6-10-3-11(7-15)5-12(4-10)8-15/h1-2,10-12,17H,3-9H2. The first-order chi connectivity index (χ1) is 8.71. The average molecular weight is 357 g/mol. The van der Waals surface area contributed by atoms with Gasteiger partial charge in [0.05, 0.1) is 6.54 Å². The van der Waals surface area contributed by atoms with Crippen LogP contribution in [0.25, 0.3) is 0 Å². The van der Waals surface area contributed by atoms with Crippen LogP contribution in [0, 0.1) is 21.5 Å². The Balaban J connectivity index is 1.47. The van der Waals surface area contributed by atoms with Crippen LogP contribution in [0.1, 0.15) is 44.3 Å². The van der Waals surface area contributed by atoms with Crippen molar-refractivity contribution < 1.29 is 4.42 Å². The van der Waals surface area contributed by atoms with Gasteiger partial charge in [0.1, 0.15) is 5.76 Å². The molecule has 3 heteroatoms. The second-order valence-electron chi connectivity index (χ2n) is 6.76. The Bertz CT molecular complexity index is 418. The summed E-state index contributed by atoms with van der Waals surface area (Å²) >= 11 is 2.24. The van der Waals surface area contributed by atoms with Gasteiger partial charge in [0.25, 0.3) is 0 Å². The van der Waals surface area contributed by atoms with Gasteiger partial charge >= 0.3 is 0 Å². The van der Waals surface area contributed by atoms with Gasteiger partial charge in [-0.3, -0.25) is 0 Å². The average Bonchev–Trinajstić information content (AvgIpc) is 2.71. The fourth-order valence-electron chi connectivity index (χ4n) is 5.05. The molecule has 0 radical (unpaired) electrons. The van der Waals surface area contributed by atoms with Gasteiger partial charge in [-0.25, -0.2) is 0 Å². The van der Waals surface area contributed by atoms with Gasteiger partial charge in [0.2, 0.25) is 0 Å². The Labute approximate surface area is 122 Å². The van der Waals surface area contributed by atoms with Crippen molar-refractivity contribution in [1.29, 1.82) is 0 Å². The van der Waals surface area contributed by atoms with Crippen molar-refractivity contribution in [2.75, 3.05) is 0 Å². The first-order valence-corrected chi connectivity index (χ1v) is 8.28. The quantitative estimate of drug-likeness (QED) is 0.829. The van der Waals surface area contributed by atoms with Crippen molar-refractivity contribution in [1.82, 2.24) is 5.32 Å². The molecule has 0 saturated heterocycles. The number of halogens is 1. The van der Waals surface area contributed by atoms with Gasteiger partial charge in [-0.2, -0.15) is 0 Å². The van der Waals surface area contributed by atoms with Crippen LogP contribution in [0.5, 0.6) is 0 Å². The monoisotopic (exact) mass is 357 g/mol.